The average Bonchev–Trinajstić information content (AvgIpc) is 3.44. The van der Waals surface area contributed by atoms with Crippen LogP contribution in [0, 0.1) is 0 Å². The fourth-order valence-electron chi connectivity index (χ4n) is 4.75. The Morgan fingerprint density at radius 1 is 1.07 bits per heavy atom. The van der Waals surface area contributed by atoms with E-state index < -0.39 is 29.7 Å². The summed E-state index contributed by atoms with van der Waals surface area (Å²) < 4.78 is 39.5. The Balaban J connectivity index is 1.40. The van der Waals surface area contributed by atoms with Crippen LogP contribution in [0.4, 0.5) is 24.0 Å². The quantitative estimate of drug-likeness (QED) is 0.319. The molecule has 2 aromatic carbocycles. The number of para-hydroxylation sites is 1. The molecule has 2 aliphatic rings. The summed E-state index contributed by atoms with van der Waals surface area (Å²) in [5.41, 5.74) is 4.59. The Bertz CT molecular complexity index is 1440. The standard InChI is InChI=1S/C29H27F3N4O3S/c30-29(31,32)21-13-11-19(12-14-21)22(23-18-40-28(33-23)35-15-4-1-5-16-35)8-6-10-26(38)34-36-24-9-3-2-7-20(24)17-25(37)27(36)39/h2-3,6-14,18,25,37H,1,4-5,15-17H2,(H,34,38). The normalized spacial score (nSPS) is 18.2. The Kier molecular flexibility index (Phi) is 8.04. The summed E-state index contributed by atoms with van der Waals surface area (Å²) in [7, 11) is 0. The molecule has 1 atom stereocenters. The Labute approximate surface area is 233 Å². The number of aromatic nitrogens is 1. The summed E-state index contributed by atoms with van der Waals surface area (Å²) in [6, 6.07) is 11.7. The molecule has 40 heavy (non-hydrogen) atoms. The number of rotatable bonds is 6. The van der Waals surface area contributed by atoms with E-state index in [-0.39, 0.29) is 6.42 Å². The van der Waals surface area contributed by atoms with Crippen LogP contribution >= 0.6 is 11.3 Å². The van der Waals surface area contributed by atoms with Crippen LogP contribution in [0.1, 0.15) is 41.6 Å². The number of aliphatic hydroxyl groups excluding tert-OH is 1. The minimum atomic E-state index is -4.46. The molecule has 2 N–H and O–H groups in total. The number of thiazole rings is 1. The number of hydrogen-bond donors (Lipinski definition) is 2. The molecule has 1 saturated heterocycles. The van der Waals surface area contributed by atoms with Gasteiger partial charge in [0.2, 0.25) is 0 Å². The van der Waals surface area contributed by atoms with E-state index >= 15 is 0 Å². The Morgan fingerprint density at radius 2 is 1.80 bits per heavy atom. The Morgan fingerprint density at radius 3 is 2.52 bits per heavy atom. The predicted molar refractivity (Wildman–Crippen MR) is 148 cm³/mol. The van der Waals surface area contributed by atoms with Crippen LogP contribution in [0.25, 0.3) is 5.57 Å². The van der Waals surface area contributed by atoms with E-state index in [4.69, 9.17) is 4.98 Å². The first kappa shape index (κ1) is 27.6. The SMILES string of the molecule is O=C(C=CC=C(c1ccc(C(F)(F)F)cc1)c1csc(N2CCCCC2)n1)NN1C(=O)C(O)Cc2ccccc21. The third-order valence-electron chi connectivity index (χ3n) is 6.80. The lowest BCUT2D eigenvalue weighted by Crippen LogP contribution is -2.53. The van der Waals surface area contributed by atoms with E-state index in [1.807, 2.05) is 5.38 Å². The van der Waals surface area contributed by atoms with Crippen LogP contribution in [0.5, 0.6) is 0 Å². The fourth-order valence-corrected chi connectivity index (χ4v) is 5.63. The second-order valence-corrected chi connectivity index (χ2v) is 10.4. The van der Waals surface area contributed by atoms with E-state index in [0.29, 0.717) is 22.5 Å². The summed E-state index contributed by atoms with van der Waals surface area (Å²) in [5.74, 6) is -1.26. The number of hydrazine groups is 1. The zero-order chi connectivity index (χ0) is 28.3. The second kappa shape index (κ2) is 11.6. The fraction of sp³-hybridized carbons (Fsp3) is 0.276. The van der Waals surface area contributed by atoms with Crippen molar-refractivity contribution in [2.75, 3.05) is 23.0 Å². The van der Waals surface area contributed by atoms with E-state index in [0.717, 1.165) is 53.8 Å². The summed E-state index contributed by atoms with van der Waals surface area (Å²) in [6.45, 7) is 1.80. The molecule has 3 aromatic rings. The van der Waals surface area contributed by atoms with Crippen LogP contribution in [-0.2, 0) is 22.2 Å². The van der Waals surface area contributed by atoms with Crippen molar-refractivity contribution in [2.45, 2.75) is 38.0 Å². The highest BCUT2D eigenvalue weighted by molar-refractivity contribution is 7.13. The number of allylic oxidation sites excluding steroid dienone is 2. The van der Waals surface area contributed by atoms with Gasteiger partial charge in [-0.15, -0.1) is 11.3 Å². The van der Waals surface area contributed by atoms with Gasteiger partial charge in [0.1, 0.15) is 6.10 Å². The minimum Gasteiger partial charge on any atom is -0.383 e. The smallest absolute Gasteiger partial charge is 0.383 e. The highest BCUT2D eigenvalue weighted by atomic mass is 32.1. The van der Waals surface area contributed by atoms with Gasteiger partial charge < -0.3 is 10.0 Å². The largest absolute Gasteiger partial charge is 0.416 e. The number of halogens is 3. The molecular formula is C29H27F3N4O3S. The van der Waals surface area contributed by atoms with Crippen LogP contribution < -0.4 is 15.3 Å². The number of amides is 2. The maximum atomic E-state index is 13.2. The van der Waals surface area contributed by atoms with Crippen molar-refractivity contribution in [2.24, 2.45) is 0 Å². The number of carbonyl (C=O) groups is 2. The first-order valence-corrected chi connectivity index (χ1v) is 13.8. The summed E-state index contributed by atoms with van der Waals surface area (Å²) in [6.07, 6.45) is 2.03. The van der Waals surface area contributed by atoms with Gasteiger partial charge in [0.15, 0.2) is 5.13 Å². The zero-order valence-corrected chi connectivity index (χ0v) is 22.2. The van der Waals surface area contributed by atoms with E-state index in [1.54, 1.807) is 30.3 Å². The Hall–Kier alpha value is -3.96. The highest BCUT2D eigenvalue weighted by Crippen LogP contribution is 2.33. The second-order valence-electron chi connectivity index (χ2n) is 9.58. The molecule has 1 unspecified atom stereocenters. The molecule has 0 saturated carbocycles. The lowest BCUT2D eigenvalue weighted by atomic mass is 10.0. The van der Waals surface area contributed by atoms with E-state index in [1.165, 1.54) is 42.0 Å². The molecule has 2 aliphatic heterocycles. The van der Waals surface area contributed by atoms with E-state index in [2.05, 4.69) is 10.3 Å². The van der Waals surface area contributed by atoms with Gasteiger partial charge in [-0.2, -0.15) is 13.2 Å². The van der Waals surface area contributed by atoms with E-state index in [9.17, 15) is 27.9 Å². The molecule has 7 nitrogen and oxygen atoms in total. The molecule has 1 fully saturated rings. The zero-order valence-electron chi connectivity index (χ0n) is 21.4. The summed E-state index contributed by atoms with van der Waals surface area (Å²) >= 11 is 1.47. The first-order valence-electron chi connectivity index (χ1n) is 12.9. The molecule has 5 rings (SSSR count). The number of aliphatic hydroxyl groups is 1. The molecule has 0 aliphatic carbocycles. The molecule has 0 radical (unpaired) electrons. The number of nitrogens with one attached hydrogen (secondary N) is 1. The summed E-state index contributed by atoms with van der Waals surface area (Å²) in [4.78, 5) is 32.2. The third kappa shape index (κ3) is 6.10. The monoisotopic (exact) mass is 568 g/mol. The van der Waals surface area contributed by atoms with Crippen molar-refractivity contribution in [1.82, 2.24) is 10.4 Å². The molecular weight excluding hydrogens is 541 g/mol. The van der Waals surface area contributed by atoms with Gasteiger partial charge in [0.25, 0.3) is 11.8 Å². The molecule has 0 spiro atoms. The number of fused-ring (bicyclic) bond motifs is 1. The van der Waals surface area contributed by atoms with Gasteiger partial charge in [-0.3, -0.25) is 15.0 Å². The lowest BCUT2D eigenvalue weighted by Gasteiger charge is -2.31. The number of nitrogens with zero attached hydrogens (tertiary/aromatic N) is 3. The van der Waals surface area contributed by atoms with Crippen LogP contribution in [-0.4, -0.2) is 41.1 Å². The van der Waals surface area contributed by atoms with Crippen molar-refractivity contribution in [3.63, 3.8) is 0 Å². The van der Waals surface area contributed by atoms with Crippen molar-refractivity contribution >= 4 is 39.5 Å². The van der Waals surface area contributed by atoms with Gasteiger partial charge in [-0.1, -0.05) is 42.5 Å². The van der Waals surface area contributed by atoms with Crippen molar-refractivity contribution in [1.29, 1.82) is 0 Å². The van der Waals surface area contributed by atoms with Gasteiger partial charge >= 0.3 is 6.18 Å². The van der Waals surface area contributed by atoms with Gasteiger partial charge in [0.05, 0.1) is 16.9 Å². The van der Waals surface area contributed by atoms with Gasteiger partial charge in [-0.25, -0.2) is 9.99 Å². The van der Waals surface area contributed by atoms with Gasteiger partial charge in [0, 0.05) is 36.5 Å². The lowest BCUT2D eigenvalue weighted by molar-refractivity contribution is -0.137. The molecule has 11 heteroatoms. The number of anilines is 2. The number of benzene rings is 2. The highest BCUT2D eigenvalue weighted by Gasteiger charge is 2.32. The maximum absolute atomic E-state index is 13.2. The molecule has 0 bridgehead atoms. The van der Waals surface area contributed by atoms with Crippen molar-refractivity contribution in [3.05, 3.63) is 94.5 Å². The van der Waals surface area contributed by atoms with Gasteiger partial charge in [-0.05, 0) is 48.6 Å². The predicted octanol–water partition coefficient (Wildman–Crippen LogP) is 5.12. The number of alkyl halides is 3. The number of hydrogen-bond acceptors (Lipinski definition) is 6. The number of carbonyl (C=O) groups excluding carboxylic acids is 2. The third-order valence-corrected chi connectivity index (χ3v) is 7.70. The van der Waals surface area contributed by atoms with Crippen molar-refractivity contribution in [3.8, 4) is 0 Å². The molecule has 3 heterocycles. The van der Waals surface area contributed by atoms with Crippen molar-refractivity contribution < 1.29 is 27.9 Å². The molecule has 1 aromatic heterocycles. The topological polar surface area (TPSA) is 85.8 Å². The average molecular weight is 569 g/mol. The maximum Gasteiger partial charge on any atom is 0.416 e. The number of piperidine rings is 1. The van der Waals surface area contributed by atoms with Crippen LogP contribution in [0.3, 0.4) is 0 Å². The van der Waals surface area contributed by atoms with Crippen LogP contribution in [0.2, 0.25) is 0 Å². The first-order chi connectivity index (χ1) is 19.2. The minimum absolute atomic E-state index is 0.156. The van der Waals surface area contributed by atoms with Crippen LogP contribution in [0.15, 0.2) is 72.1 Å². The molecule has 2 amide bonds. The molecule has 208 valence electrons. The summed E-state index contributed by atoms with van der Waals surface area (Å²) in [5, 5.41) is 13.9.